The van der Waals surface area contributed by atoms with Crippen molar-refractivity contribution in [1.29, 1.82) is 0 Å². The summed E-state index contributed by atoms with van der Waals surface area (Å²) in [7, 11) is 0. The molecule has 1 aliphatic rings. The molecule has 2 N–H and O–H groups in total. The number of benzene rings is 1. The average Bonchev–Trinajstić information content (AvgIpc) is 2.70. The van der Waals surface area contributed by atoms with E-state index in [0.29, 0.717) is 5.69 Å². The van der Waals surface area contributed by atoms with Gasteiger partial charge in [-0.05, 0) is 49.4 Å². The van der Waals surface area contributed by atoms with Crippen molar-refractivity contribution in [2.45, 2.75) is 32.1 Å². The number of rotatable bonds is 2. The van der Waals surface area contributed by atoms with Crippen molar-refractivity contribution in [2.75, 3.05) is 5.32 Å². The van der Waals surface area contributed by atoms with Crippen LogP contribution in [-0.2, 0) is 12.8 Å². The molecule has 1 aromatic heterocycles. The van der Waals surface area contributed by atoms with Gasteiger partial charge in [0.05, 0.1) is 4.88 Å². The lowest BCUT2D eigenvalue weighted by Gasteiger charge is -2.03. The Morgan fingerprint density at radius 1 is 1.15 bits per heavy atom. The number of anilines is 1. The SMILES string of the molecule is O=C(Nc1cccc(O)c1)c1cc2c(s1)CCCCC2. The lowest BCUT2D eigenvalue weighted by atomic mass is 10.1. The first kappa shape index (κ1) is 13.2. The quantitative estimate of drug-likeness (QED) is 0.821. The fourth-order valence-electron chi connectivity index (χ4n) is 2.56. The number of amides is 1. The zero-order valence-electron chi connectivity index (χ0n) is 11.2. The van der Waals surface area contributed by atoms with E-state index in [9.17, 15) is 9.90 Å². The maximum atomic E-state index is 12.2. The van der Waals surface area contributed by atoms with E-state index in [1.165, 1.54) is 29.7 Å². The zero-order chi connectivity index (χ0) is 13.9. The molecule has 3 rings (SSSR count). The van der Waals surface area contributed by atoms with Crippen LogP contribution in [0.5, 0.6) is 5.75 Å². The van der Waals surface area contributed by atoms with Gasteiger partial charge >= 0.3 is 0 Å². The summed E-state index contributed by atoms with van der Waals surface area (Å²) in [6, 6.07) is 8.66. The third-order valence-electron chi connectivity index (χ3n) is 3.57. The molecule has 0 aliphatic heterocycles. The van der Waals surface area contributed by atoms with Gasteiger partial charge in [-0.15, -0.1) is 11.3 Å². The van der Waals surface area contributed by atoms with Gasteiger partial charge in [-0.3, -0.25) is 4.79 Å². The molecule has 1 aliphatic carbocycles. The molecule has 20 heavy (non-hydrogen) atoms. The second-order valence-electron chi connectivity index (χ2n) is 5.12. The Bertz CT molecular complexity index is 610. The van der Waals surface area contributed by atoms with Gasteiger partial charge in [0.1, 0.15) is 5.75 Å². The molecule has 2 aromatic rings. The van der Waals surface area contributed by atoms with Gasteiger partial charge in [-0.2, -0.15) is 0 Å². The van der Waals surface area contributed by atoms with E-state index in [2.05, 4.69) is 5.32 Å². The molecule has 0 saturated carbocycles. The maximum absolute atomic E-state index is 12.2. The Balaban J connectivity index is 1.77. The second-order valence-corrected chi connectivity index (χ2v) is 6.26. The first-order valence-electron chi connectivity index (χ1n) is 6.94. The summed E-state index contributed by atoms with van der Waals surface area (Å²) in [6.07, 6.45) is 5.91. The van der Waals surface area contributed by atoms with Crippen LogP contribution in [0.25, 0.3) is 0 Å². The number of nitrogens with one attached hydrogen (secondary N) is 1. The fraction of sp³-hybridized carbons (Fsp3) is 0.312. The molecule has 104 valence electrons. The van der Waals surface area contributed by atoms with Gasteiger partial charge in [0.2, 0.25) is 0 Å². The Kier molecular flexibility index (Phi) is 3.74. The number of fused-ring (bicyclic) bond motifs is 1. The van der Waals surface area contributed by atoms with E-state index in [-0.39, 0.29) is 11.7 Å². The van der Waals surface area contributed by atoms with Gasteiger partial charge < -0.3 is 10.4 Å². The largest absolute Gasteiger partial charge is 0.508 e. The van der Waals surface area contributed by atoms with Crippen molar-refractivity contribution in [3.8, 4) is 5.75 Å². The lowest BCUT2D eigenvalue weighted by molar-refractivity contribution is 0.103. The van der Waals surface area contributed by atoms with Crippen LogP contribution < -0.4 is 5.32 Å². The van der Waals surface area contributed by atoms with E-state index in [1.54, 1.807) is 35.6 Å². The van der Waals surface area contributed by atoms with Crippen LogP contribution in [0.2, 0.25) is 0 Å². The molecule has 3 nitrogen and oxygen atoms in total. The van der Waals surface area contributed by atoms with Gasteiger partial charge in [0.15, 0.2) is 0 Å². The van der Waals surface area contributed by atoms with E-state index in [0.717, 1.165) is 17.7 Å². The number of aryl methyl sites for hydroxylation is 2. The number of aromatic hydroxyl groups is 1. The molecule has 0 spiro atoms. The molecule has 1 amide bonds. The summed E-state index contributed by atoms with van der Waals surface area (Å²) < 4.78 is 0. The highest BCUT2D eigenvalue weighted by molar-refractivity contribution is 7.14. The molecular weight excluding hydrogens is 270 g/mol. The standard InChI is InChI=1S/C16H17NO2S/c18-13-7-4-6-12(10-13)17-16(19)15-9-11-5-2-1-3-8-14(11)20-15/h4,6-7,9-10,18H,1-3,5,8H2,(H,17,19). The molecule has 0 atom stereocenters. The van der Waals surface area contributed by atoms with Crippen molar-refractivity contribution in [3.63, 3.8) is 0 Å². The van der Waals surface area contributed by atoms with Crippen molar-refractivity contribution in [3.05, 3.63) is 45.6 Å². The minimum Gasteiger partial charge on any atom is -0.508 e. The molecular formula is C16H17NO2S. The van der Waals surface area contributed by atoms with E-state index < -0.39 is 0 Å². The Morgan fingerprint density at radius 3 is 2.85 bits per heavy atom. The monoisotopic (exact) mass is 287 g/mol. The molecule has 1 heterocycles. The topological polar surface area (TPSA) is 49.3 Å². The van der Waals surface area contributed by atoms with Crippen LogP contribution in [0.1, 0.15) is 39.4 Å². The Morgan fingerprint density at radius 2 is 2.00 bits per heavy atom. The minimum atomic E-state index is -0.0892. The zero-order valence-corrected chi connectivity index (χ0v) is 12.0. The Labute approximate surface area is 122 Å². The first-order valence-corrected chi connectivity index (χ1v) is 7.76. The van der Waals surface area contributed by atoms with E-state index in [1.807, 2.05) is 6.07 Å². The maximum Gasteiger partial charge on any atom is 0.265 e. The number of phenols is 1. The third kappa shape index (κ3) is 2.85. The Hall–Kier alpha value is -1.81. The summed E-state index contributed by atoms with van der Waals surface area (Å²) in [6.45, 7) is 0. The van der Waals surface area contributed by atoms with Gasteiger partial charge in [-0.25, -0.2) is 0 Å². The number of hydrogen-bond donors (Lipinski definition) is 2. The number of carbonyl (C=O) groups is 1. The molecule has 0 bridgehead atoms. The molecule has 0 radical (unpaired) electrons. The smallest absolute Gasteiger partial charge is 0.265 e. The number of phenolic OH excluding ortho intramolecular Hbond substituents is 1. The van der Waals surface area contributed by atoms with Crippen LogP contribution in [-0.4, -0.2) is 11.0 Å². The van der Waals surface area contributed by atoms with Crippen LogP contribution in [0.15, 0.2) is 30.3 Å². The predicted molar refractivity (Wildman–Crippen MR) is 81.6 cm³/mol. The summed E-state index contributed by atoms with van der Waals surface area (Å²) >= 11 is 1.61. The van der Waals surface area contributed by atoms with Crippen molar-refractivity contribution in [2.24, 2.45) is 0 Å². The van der Waals surface area contributed by atoms with Gasteiger partial charge in [0.25, 0.3) is 5.91 Å². The third-order valence-corrected chi connectivity index (χ3v) is 4.81. The molecule has 0 fully saturated rings. The van der Waals surface area contributed by atoms with Crippen LogP contribution in [0.3, 0.4) is 0 Å². The number of thiophene rings is 1. The highest BCUT2D eigenvalue weighted by Crippen LogP contribution is 2.29. The van der Waals surface area contributed by atoms with Crippen LogP contribution in [0, 0.1) is 0 Å². The highest BCUT2D eigenvalue weighted by atomic mass is 32.1. The number of hydrogen-bond acceptors (Lipinski definition) is 3. The minimum absolute atomic E-state index is 0.0892. The lowest BCUT2D eigenvalue weighted by Crippen LogP contribution is -2.09. The number of carbonyl (C=O) groups excluding carboxylic acids is 1. The molecule has 0 saturated heterocycles. The van der Waals surface area contributed by atoms with E-state index in [4.69, 9.17) is 0 Å². The summed E-state index contributed by atoms with van der Waals surface area (Å²) in [4.78, 5) is 14.4. The van der Waals surface area contributed by atoms with Crippen molar-refractivity contribution < 1.29 is 9.90 Å². The van der Waals surface area contributed by atoms with E-state index >= 15 is 0 Å². The van der Waals surface area contributed by atoms with Crippen molar-refractivity contribution >= 4 is 22.9 Å². The second kappa shape index (κ2) is 5.67. The fourth-order valence-corrected chi connectivity index (χ4v) is 3.70. The van der Waals surface area contributed by atoms with Crippen LogP contribution in [0.4, 0.5) is 5.69 Å². The average molecular weight is 287 g/mol. The van der Waals surface area contributed by atoms with Gasteiger partial charge in [-0.1, -0.05) is 12.5 Å². The molecule has 0 unspecified atom stereocenters. The highest BCUT2D eigenvalue weighted by Gasteiger charge is 2.16. The predicted octanol–water partition coefficient (Wildman–Crippen LogP) is 3.97. The molecule has 1 aromatic carbocycles. The summed E-state index contributed by atoms with van der Waals surface area (Å²) in [5.74, 6) is 0.0680. The first-order chi connectivity index (χ1) is 9.72. The summed E-state index contributed by atoms with van der Waals surface area (Å²) in [5, 5.41) is 12.2. The summed E-state index contributed by atoms with van der Waals surface area (Å²) in [5.41, 5.74) is 1.96. The molecule has 4 heteroatoms. The van der Waals surface area contributed by atoms with Crippen LogP contribution >= 0.6 is 11.3 Å². The van der Waals surface area contributed by atoms with Gasteiger partial charge in [0, 0.05) is 16.6 Å². The van der Waals surface area contributed by atoms with Crippen molar-refractivity contribution in [1.82, 2.24) is 0 Å². The normalized spacial score (nSPS) is 14.4.